The molecule has 2 heterocycles. The Bertz CT molecular complexity index is 323. The number of rotatable bonds is 2. The van der Waals surface area contributed by atoms with Crippen molar-refractivity contribution in [1.82, 2.24) is 10.2 Å². The van der Waals surface area contributed by atoms with Crippen molar-refractivity contribution in [1.29, 1.82) is 0 Å². The summed E-state index contributed by atoms with van der Waals surface area (Å²) in [6, 6.07) is 1.90. The smallest absolute Gasteiger partial charge is 0.308 e. The number of carboxylic acids is 1. The highest BCUT2D eigenvalue weighted by Crippen LogP contribution is 2.28. The van der Waals surface area contributed by atoms with Crippen molar-refractivity contribution in [3.8, 4) is 0 Å². The molecule has 5 heteroatoms. The van der Waals surface area contributed by atoms with E-state index in [0.717, 1.165) is 12.4 Å². The van der Waals surface area contributed by atoms with Crippen LogP contribution in [0.25, 0.3) is 0 Å². The summed E-state index contributed by atoms with van der Waals surface area (Å²) in [6.07, 6.45) is 2.38. The van der Waals surface area contributed by atoms with Crippen LogP contribution in [0.2, 0.25) is 0 Å². The average Bonchev–Trinajstić information content (AvgIpc) is 2.71. The van der Waals surface area contributed by atoms with Gasteiger partial charge in [-0.05, 0) is 13.3 Å². The van der Waals surface area contributed by atoms with Gasteiger partial charge in [-0.15, -0.1) is 0 Å². The third-order valence-corrected chi connectivity index (χ3v) is 2.87. The molecule has 2 atom stereocenters. The van der Waals surface area contributed by atoms with Crippen LogP contribution in [0.15, 0.2) is 12.3 Å². The van der Waals surface area contributed by atoms with E-state index >= 15 is 0 Å². The van der Waals surface area contributed by atoms with Crippen molar-refractivity contribution in [3.05, 3.63) is 12.3 Å². The van der Waals surface area contributed by atoms with Crippen LogP contribution in [0.3, 0.4) is 0 Å². The largest absolute Gasteiger partial charge is 0.481 e. The van der Waals surface area contributed by atoms with E-state index in [2.05, 4.69) is 10.2 Å². The Morgan fingerprint density at radius 1 is 1.79 bits per heavy atom. The SMILES string of the molecule is C[C@@H]1[C@@H](C(=O)O)CCN1c1ccn[nH]1. The third kappa shape index (κ3) is 1.34. The highest BCUT2D eigenvalue weighted by atomic mass is 16.4. The van der Waals surface area contributed by atoms with Gasteiger partial charge in [0.2, 0.25) is 0 Å². The van der Waals surface area contributed by atoms with E-state index in [4.69, 9.17) is 5.11 Å². The number of carbonyl (C=O) groups is 1. The second-order valence-corrected chi connectivity index (χ2v) is 3.61. The molecule has 0 saturated carbocycles. The van der Waals surface area contributed by atoms with Gasteiger partial charge in [-0.25, -0.2) is 0 Å². The lowest BCUT2D eigenvalue weighted by atomic mass is 10.0. The number of anilines is 1. The van der Waals surface area contributed by atoms with Crippen LogP contribution in [-0.2, 0) is 4.79 Å². The zero-order valence-corrected chi connectivity index (χ0v) is 7.97. The molecule has 1 fully saturated rings. The molecule has 1 aromatic rings. The van der Waals surface area contributed by atoms with Gasteiger partial charge in [0.05, 0.1) is 12.1 Å². The van der Waals surface area contributed by atoms with Gasteiger partial charge < -0.3 is 10.0 Å². The van der Waals surface area contributed by atoms with Gasteiger partial charge in [0.25, 0.3) is 0 Å². The van der Waals surface area contributed by atoms with Gasteiger partial charge in [0.15, 0.2) is 0 Å². The molecule has 0 radical (unpaired) electrons. The number of aromatic amines is 1. The topological polar surface area (TPSA) is 69.2 Å². The first-order chi connectivity index (χ1) is 6.70. The van der Waals surface area contributed by atoms with Crippen molar-refractivity contribution in [2.45, 2.75) is 19.4 Å². The van der Waals surface area contributed by atoms with E-state index < -0.39 is 5.97 Å². The Morgan fingerprint density at radius 2 is 2.57 bits per heavy atom. The average molecular weight is 195 g/mol. The Labute approximate surface area is 81.7 Å². The Balaban J connectivity index is 2.15. The number of carboxylic acid groups (broad SMARTS) is 1. The Morgan fingerprint density at radius 3 is 3.07 bits per heavy atom. The molecule has 0 unspecified atom stereocenters. The van der Waals surface area contributed by atoms with Crippen LogP contribution in [-0.4, -0.2) is 33.9 Å². The summed E-state index contributed by atoms with van der Waals surface area (Å²) in [5.41, 5.74) is 0. The number of nitrogens with zero attached hydrogens (tertiary/aromatic N) is 2. The van der Waals surface area contributed by atoms with Crippen molar-refractivity contribution in [2.24, 2.45) is 5.92 Å². The maximum Gasteiger partial charge on any atom is 0.308 e. The van der Waals surface area contributed by atoms with E-state index in [1.165, 1.54) is 0 Å². The molecule has 1 aromatic heterocycles. The lowest BCUT2D eigenvalue weighted by Crippen LogP contribution is -2.33. The minimum atomic E-state index is -0.709. The number of hydrogen-bond donors (Lipinski definition) is 2. The minimum Gasteiger partial charge on any atom is -0.481 e. The first-order valence-electron chi connectivity index (χ1n) is 4.69. The van der Waals surface area contributed by atoms with Gasteiger partial charge >= 0.3 is 5.97 Å². The van der Waals surface area contributed by atoms with Crippen LogP contribution < -0.4 is 4.90 Å². The number of aromatic nitrogens is 2. The van der Waals surface area contributed by atoms with Gasteiger partial charge in [-0.2, -0.15) is 5.10 Å². The molecule has 0 amide bonds. The van der Waals surface area contributed by atoms with E-state index in [9.17, 15) is 4.79 Å². The predicted molar refractivity (Wildman–Crippen MR) is 51.1 cm³/mol. The fourth-order valence-corrected chi connectivity index (χ4v) is 2.02. The fraction of sp³-hybridized carbons (Fsp3) is 0.556. The summed E-state index contributed by atoms with van der Waals surface area (Å²) >= 11 is 0. The minimum absolute atomic E-state index is 0.0351. The van der Waals surface area contributed by atoms with E-state index in [1.807, 2.05) is 17.9 Å². The molecular formula is C9H13N3O2. The van der Waals surface area contributed by atoms with Crippen LogP contribution >= 0.6 is 0 Å². The molecular weight excluding hydrogens is 182 g/mol. The number of aliphatic carboxylic acids is 1. The standard InChI is InChI=1S/C9H13N3O2/c1-6-7(9(13)14)3-5-12(6)8-2-4-10-11-8/h2,4,6-7H,3,5H2,1H3,(H,10,11)(H,13,14)/t6-,7+/m1/s1. The summed E-state index contributed by atoms with van der Waals surface area (Å²) in [5, 5.41) is 15.7. The molecule has 0 spiro atoms. The van der Waals surface area contributed by atoms with Crippen LogP contribution in [0.5, 0.6) is 0 Å². The Kier molecular flexibility index (Phi) is 2.15. The summed E-state index contributed by atoms with van der Waals surface area (Å²) < 4.78 is 0. The summed E-state index contributed by atoms with van der Waals surface area (Å²) in [7, 11) is 0. The molecule has 1 aliphatic rings. The molecule has 76 valence electrons. The second kappa shape index (κ2) is 3.32. The number of H-pyrrole nitrogens is 1. The molecule has 14 heavy (non-hydrogen) atoms. The van der Waals surface area contributed by atoms with Crippen LogP contribution in [0.4, 0.5) is 5.82 Å². The van der Waals surface area contributed by atoms with E-state index in [1.54, 1.807) is 6.20 Å². The first kappa shape index (κ1) is 9.05. The molecule has 0 aromatic carbocycles. The van der Waals surface area contributed by atoms with Crippen molar-refractivity contribution >= 4 is 11.8 Å². The molecule has 2 rings (SSSR count). The van der Waals surface area contributed by atoms with Gasteiger partial charge in [-0.1, -0.05) is 0 Å². The fourth-order valence-electron chi connectivity index (χ4n) is 2.02. The van der Waals surface area contributed by atoms with Gasteiger partial charge in [-0.3, -0.25) is 9.89 Å². The molecule has 1 saturated heterocycles. The van der Waals surface area contributed by atoms with Crippen LogP contribution in [0, 0.1) is 5.92 Å². The number of hydrogen-bond acceptors (Lipinski definition) is 3. The normalized spacial score (nSPS) is 26.8. The zero-order valence-electron chi connectivity index (χ0n) is 7.97. The van der Waals surface area contributed by atoms with Crippen molar-refractivity contribution < 1.29 is 9.90 Å². The quantitative estimate of drug-likeness (QED) is 0.729. The summed E-state index contributed by atoms with van der Waals surface area (Å²) in [5.74, 6) is -0.0703. The van der Waals surface area contributed by atoms with Gasteiger partial charge in [0.1, 0.15) is 5.82 Å². The second-order valence-electron chi connectivity index (χ2n) is 3.61. The lowest BCUT2D eigenvalue weighted by molar-refractivity contribution is -0.141. The highest BCUT2D eigenvalue weighted by molar-refractivity contribution is 5.72. The molecule has 0 bridgehead atoms. The maximum atomic E-state index is 10.9. The van der Waals surface area contributed by atoms with Crippen molar-refractivity contribution in [3.63, 3.8) is 0 Å². The highest BCUT2D eigenvalue weighted by Gasteiger charge is 2.36. The summed E-state index contributed by atoms with van der Waals surface area (Å²) in [4.78, 5) is 12.9. The van der Waals surface area contributed by atoms with E-state index in [0.29, 0.717) is 6.42 Å². The maximum absolute atomic E-state index is 10.9. The third-order valence-electron chi connectivity index (χ3n) is 2.87. The van der Waals surface area contributed by atoms with Crippen LogP contribution in [0.1, 0.15) is 13.3 Å². The predicted octanol–water partition coefficient (Wildman–Crippen LogP) is 0.709. The van der Waals surface area contributed by atoms with Crippen molar-refractivity contribution in [2.75, 3.05) is 11.4 Å². The first-order valence-corrected chi connectivity index (χ1v) is 4.69. The molecule has 5 nitrogen and oxygen atoms in total. The monoisotopic (exact) mass is 195 g/mol. The lowest BCUT2D eigenvalue weighted by Gasteiger charge is -2.23. The zero-order chi connectivity index (χ0) is 10.1. The van der Waals surface area contributed by atoms with Gasteiger partial charge in [0, 0.05) is 18.7 Å². The number of nitrogens with one attached hydrogen (secondary N) is 1. The van der Waals surface area contributed by atoms with E-state index in [-0.39, 0.29) is 12.0 Å². The molecule has 0 aliphatic carbocycles. The molecule has 1 aliphatic heterocycles. The summed E-state index contributed by atoms with van der Waals surface area (Å²) in [6.45, 7) is 2.72. The Hall–Kier alpha value is -1.52. The molecule has 2 N–H and O–H groups in total.